The van der Waals surface area contributed by atoms with Crippen molar-refractivity contribution in [3.8, 4) is 0 Å². The van der Waals surface area contributed by atoms with Gasteiger partial charge in [0.05, 0.1) is 17.6 Å². The summed E-state index contributed by atoms with van der Waals surface area (Å²) in [6, 6.07) is 13.9. The molecule has 1 amide bonds. The van der Waals surface area contributed by atoms with E-state index in [4.69, 9.17) is 0 Å². The number of aromatic nitrogens is 3. The van der Waals surface area contributed by atoms with Gasteiger partial charge in [-0.3, -0.25) is 9.89 Å². The Kier molecular flexibility index (Phi) is 5.51. The molecule has 3 heterocycles. The van der Waals surface area contributed by atoms with Gasteiger partial charge in [0.15, 0.2) is 5.69 Å². The first-order valence-corrected chi connectivity index (χ1v) is 9.63. The number of hydrogen-bond donors (Lipinski definition) is 3. The van der Waals surface area contributed by atoms with Gasteiger partial charge >= 0.3 is 0 Å². The van der Waals surface area contributed by atoms with Crippen molar-refractivity contribution in [1.29, 1.82) is 0 Å². The smallest absolute Gasteiger partial charge is 0.278 e. The summed E-state index contributed by atoms with van der Waals surface area (Å²) in [5, 5.41) is 13.0. The molecule has 28 heavy (non-hydrogen) atoms. The Morgan fingerprint density at radius 3 is 2.64 bits per heavy atom. The number of piperidine rings is 1. The predicted octanol–water partition coefficient (Wildman–Crippen LogP) is 3.66. The highest BCUT2D eigenvalue weighted by molar-refractivity contribution is 6.06. The van der Waals surface area contributed by atoms with Crippen molar-refractivity contribution < 1.29 is 4.79 Å². The van der Waals surface area contributed by atoms with Crippen LogP contribution in [0.2, 0.25) is 0 Å². The lowest BCUT2D eigenvalue weighted by Gasteiger charge is -2.27. The quantitative estimate of drug-likeness (QED) is 0.611. The average Bonchev–Trinajstić information content (AvgIpc) is 3.23. The van der Waals surface area contributed by atoms with Crippen LogP contribution in [0.5, 0.6) is 0 Å². The highest BCUT2D eigenvalue weighted by atomic mass is 16.2. The fourth-order valence-corrected chi connectivity index (χ4v) is 3.35. The van der Waals surface area contributed by atoms with Crippen LogP contribution >= 0.6 is 0 Å². The Labute approximate surface area is 164 Å². The molecule has 1 fully saturated rings. The highest BCUT2D eigenvalue weighted by Crippen LogP contribution is 2.20. The molecule has 1 aromatic carbocycles. The van der Waals surface area contributed by atoms with Gasteiger partial charge in [-0.2, -0.15) is 5.10 Å². The molecule has 0 bridgehead atoms. The maximum atomic E-state index is 12.6. The molecular weight excluding hydrogens is 352 g/mol. The molecule has 0 unspecified atom stereocenters. The molecule has 1 saturated heterocycles. The van der Waals surface area contributed by atoms with Crippen molar-refractivity contribution in [2.75, 3.05) is 28.6 Å². The molecule has 7 heteroatoms. The monoisotopic (exact) mass is 376 g/mol. The van der Waals surface area contributed by atoms with Crippen LogP contribution in [0.15, 0.2) is 54.9 Å². The van der Waals surface area contributed by atoms with E-state index in [1.807, 2.05) is 42.5 Å². The van der Waals surface area contributed by atoms with E-state index >= 15 is 0 Å². The molecule has 3 N–H and O–H groups in total. The van der Waals surface area contributed by atoms with Crippen LogP contribution in [0, 0.1) is 0 Å². The molecule has 0 atom stereocenters. The first kappa shape index (κ1) is 18.0. The van der Waals surface area contributed by atoms with Gasteiger partial charge in [-0.05, 0) is 37.0 Å². The van der Waals surface area contributed by atoms with E-state index in [1.54, 1.807) is 12.4 Å². The summed E-state index contributed by atoms with van der Waals surface area (Å²) in [7, 11) is 0. The topological polar surface area (TPSA) is 85.9 Å². The average molecular weight is 376 g/mol. The second-order valence-electron chi connectivity index (χ2n) is 6.89. The summed E-state index contributed by atoms with van der Waals surface area (Å²) in [5.41, 5.74) is 2.78. The van der Waals surface area contributed by atoms with E-state index in [-0.39, 0.29) is 5.91 Å². The zero-order valence-corrected chi connectivity index (χ0v) is 15.7. The van der Waals surface area contributed by atoms with Crippen molar-refractivity contribution in [3.05, 3.63) is 66.1 Å². The molecule has 1 aliphatic heterocycles. The second-order valence-corrected chi connectivity index (χ2v) is 6.89. The summed E-state index contributed by atoms with van der Waals surface area (Å²) in [6.45, 7) is 2.71. The highest BCUT2D eigenvalue weighted by Gasteiger charge is 2.16. The Hall–Kier alpha value is -3.35. The van der Waals surface area contributed by atoms with Crippen LogP contribution in [-0.4, -0.2) is 34.2 Å². The third-order valence-electron chi connectivity index (χ3n) is 4.87. The molecule has 0 radical (unpaired) electrons. The number of H-pyrrole nitrogens is 1. The van der Waals surface area contributed by atoms with Crippen LogP contribution in [0.1, 0.15) is 35.3 Å². The molecule has 1 aliphatic rings. The molecule has 144 valence electrons. The lowest BCUT2D eigenvalue weighted by molar-refractivity contribution is 0.102. The predicted molar refractivity (Wildman–Crippen MR) is 111 cm³/mol. The number of benzene rings is 1. The molecule has 0 spiro atoms. The molecule has 2 aromatic heterocycles. The van der Waals surface area contributed by atoms with Crippen molar-refractivity contribution in [1.82, 2.24) is 15.2 Å². The van der Waals surface area contributed by atoms with E-state index in [0.717, 1.165) is 24.5 Å². The van der Waals surface area contributed by atoms with Crippen LogP contribution in [-0.2, 0) is 6.54 Å². The van der Waals surface area contributed by atoms with Crippen LogP contribution in [0.4, 0.5) is 17.2 Å². The van der Waals surface area contributed by atoms with Gasteiger partial charge in [-0.25, -0.2) is 4.98 Å². The standard InChI is InChI=1S/C21H24N6O/c28-21(20-18(15-24-26-20)22-13-16-7-3-1-4-8-16)25-17-9-10-19(23-14-17)27-11-5-2-6-12-27/h1,3-4,7-10,14-15,22H,2,5-6,11-13H2,(H,24,26)(H,25,28). The van der Waals surface area contributed by atoms with Crippen molar-refractivity contribution in [2.45, 2.75) is 25.8 Å². The fourth-order valence-electron chi connectivity index (χ4n) is 3.35. The summed E-state index contributed by atoms with van der Waals surface area (Å²) in [6.07, 6.45) is 7.09. The van der Waals surface area contributed by atoms with Gasteiger partial charge in [0, 0.05) is 25.8 Å². The maximum absolute atomic E-state index is 12.6. The number of carbonyl (C=O) groups is 1. The van der Waals surface area contributed by atoms with Gasteiger partial charge in [0.25, 0.3) is 5.91 Å². The van der Waals surface area contributed by atoms with Gasteiger partial charge in [0.2, 0.25) is 0 Å². The summed E-state index contributed by atoms with van der Waals surface area (Å²) >= 11 is 0. The first-order valence-electron chi connectivity index (χ1n) is 9.63. The van der Waals surface area contributed by atoms with Gasteiger partial charge in [-0.15, -0.1) is 0 Å². The zero-order chi connectivity index (χ0) is 19.2. The number of nitrogens with zero attached hydrogens (tertiary/aromatic N) is 3. The maximum Gasteiger partial charge on any atom is 0.278 e. The SMILES string of the molecule is O=C(Nc1ccc(N2CCCCC2)nc1)c1n[nH]cc1NCc1ccccc1. The molecular formula is C21H24N6O. The Balaban J connectivity index is 1.38. The Bertz CT molecular complexity index is 900. The van der Waals surface area contributed by atoms with E-state index in [2.05, 4.69) is 30.7 Å². The molecule has 4 rings (SSSR count). The molecule has 3 aromatic rings. The summed E-state index contributed by atoms with van der Waals surface area (Å²) < 4.78 is 0. The third kappa shape index (κ3) is 4.31. The van der Waals surface area contributed by atoms with Gasteiger partial charge < -0.3 is 15.5 Å². The number of rotatable bonds is 6. The number of pyridine rings is 1. The second kappa shape index (κ2) is 8.56. The third-order valence-corrected chi connectivity index (χ3v) is 4.87. The largest absolute Gasteiger partial charge is 0.378 e. The molecule has 0 saturated carbocycles. The van der Waals surface area contributed by atoms with Crippen molar-refractivity contribution >= 4 is 23.1 Å². The van der Waals surface area contributed by atoms with Crippen molar-refractivity contribution in [2.24, 2.45) is 0 Å². The Morgan fingerprint density at radius 1 is 1.07 bits per heavy atom. The summed E-state index contributed by atoms with van der Waals surface area (Å²) in [5.74, 6) is 0.687. The molecule has 7 nitrogen and oxygen atoms in total. The number of aromatic amines is 1. The van der Waals surface area contributed by atoms with E-state index in [0.29, 0.717) is 23.6 Å². The van der Waals surface area contributed by atoms with Crippen LogP contribution in [0.3, 0.4) is 0 Å². The minimum Gasteiger partial charge on any atom is -0.378 e. The zero-order valence-electron chi connectivity index (χ0n) is 15.7. The first-order chi connectivity index (χ1) is 13.8. The number of nitrogens with one attached hydrogen (secondary N) is 3. The molecule has 0 aliphatic carbocycles. The van der Waals surface area contributed by atoms with Gasteiger partial charge in [-0.1, -0.05) is 30.3 Å². The Morgan fingerprint density at radius 2 is 1.89 bits per heavy atom. The summed E-state index contributed by atoms with van der Waals surface area (Å²) in [4.78, 5) is 19.4. The van der Waals surface area contributed by atoms with E-state index in [1.165, 1.54) is 19.3 Å². The van der Waals surface area contributed by atoms with Gasteiger partial charge in [0.1, 0.15) is 5.82 Å². The lowest BCUT2D eigenvalue weighted by Crippen LogP contribution is -2.30. The van der Waals surface area contributed by atoms with Crippen LogP contribution < -0.4 is 15.5 Å². The normalized spacial score (nSPS) is 13.9. The minimum atomic E-state index is -0.274. The van der Waals surface area contributed by atoms with Crippen LogP contribution in [0.25, 0.3) is 0 Å². The van der Waals surface area contributed by atoms with Crippen molar-refractivity contribution in [3.63, 3.8) is 0 Å². The number of carbonyl (C=O) groups excluding carboxylic acids is 1. The van der Waals surface area contributed by atoms with E-state index < -0.39 is 0 Å². The number of hydrogen-bond acceptors (Lipinski definition) is 5. The number of amides is 1. The lowest BCUT2D eigenvalue weighted by atomic mass is 10.1. The minimum absolute atomic E-state index is 0.274. The van der Waals surface area contributed by atoms with E-state index in [9.17, 15) is 4.79 Å². The number of anilines is 3. The fraction of sp³-hybridized carbons (Fsp3) is 0.286.